The average Bonchev–Trinajstić information content (AvgIpc) is 3.55. The topological polar surface area (TPSA) is 74.1 Å². The van der Waals surface area contributed by atoms with Crippen molar-refractivity contribution >= 4 is 18.3 Å². The number of imidazole rings is 1. The van der Waals surface area contributed by atoms with Gasteiger partial charge < -0.3 is 28.8 Å². The van der Waals surface area contributed by atoms with E-state index < -0.39 is 0 Å². The van der Waals surface area contributed by atoms with Crippen molar-refractivity contribution in [2.75, 3.05) is 72.6 Å². The molecule has 1 amide bonds. The van der Waals surface area contributed by atoms with Crippen LogP contribution in [0.5, 0.6) is 5.75 Å². The number of ether oxygens (including phenoxy) is 1. The second-order valence-electron chi connectivity index (χ2n) is 20.1. The van der Waals surface area contributed by atoms with Gasteiger partial charge in [-0.25, -0.2) is 4.98 Å². The Morgan fingerprint density at radius 1 is 0.957 bits per heavy atom. The molecule has 0 spiro atoms. The molecule has 6 rings (SSSR count). The number of aryl methyl sites for hydroxylation is 2. The van der Waals surface area contributed by atoms with Crippen LogP contribution in [0.25, 0.3) is 5.57 Å². The van der Waals surface area contributed by atoms with E-state index in [0.29, 0.717) is 36.3 Å². The zero-order chi connectivity index (χ0) is 51.7. The fourth-order valence-electron chi connectivity index (χ4n) is 9.22. The SMILES string of the molecule is C=CCCC(C)C(=C)CN(C)CC(=C)C.C=O.CC.CC.Cc1cc(C(=O)N2CCc3nc(C)n(CC4C=CC=CC4C)c3C3=CC=CCC32)ccc1OCCCN1CCN(CCC(C)(C)C)CC1. The van der Waals surface area contributed by atoms with Crippen molar-refractivity contribution in [2.24, 2.45) is 23.2 Å². The molecular weight excluding hydrogens is 853 g/mol. The average molecular weight is 949 g/mol. The minimum atomic E-state index is -0.00518. The Hall–Kier alpha value is -4.57. The Labute approximate surface area is 421 Å². The number of aromatic nitrogens is 2. The van der Waals surface area contributed by atoms with E-state index in [4.69, 9.17) is 14.5 Å². The smallest absolute Gasteiger partial charge is 0.254 e. The van der Waals surface area contributed by atoms with Crippen LogP contribution in [0.15, 0.2) is 97.7 Å². The minimum absolute atomic E-state index is 0.00518. The zero-order valence-electron chi connectivity index (χ0n) is 45.9. The maximum atomic E-state index is 14.2. The van der Waals surface area contributed by atoms with Gasteiger partial charge in [-0.05, 0) is 107 Å². The molecule has 1 aromatic heterocycles. The summed E-state index contributed by atoms with van der Waals surface area (Å²) < 4.78 is 8.65. The Balaban J connectivity index is 0.000000660. The van der Waals surface area contributed by atoms with Crippen molar-refractivity contribution in [2.45, 2.75) is 134 Å². The largest absolute Gasteiger partial charge is 0.493 e. The van der Waals surface area contributed by atoms with E-state index in [9.17, 15) is 4.79 Å². The summed E-state index contributed by atoms with van der Waals surface area (Å²) in [6.07, 6.45) is 23.5. The number of allylic oxidation sites excluding steroid dienone is 7. The molecule has 0 N–H and O–H groups in total. The van der Waals surface area contributed by atoms with Gasteiger partial charge in [-0.3, -0.25) is 9.69 Å². The summed E-state index contributed by atoms with van der Waals surface area (Å²) in [7, 11) is 2.11. The van der Waals surface area contributed by atoms with Crippen LogP contribution in [-0.4, -0.2) is 120 Å². The summed E-state index contributed by atoms with van der Waals surface area (Å²) in [4.78, 5) is 36.8. The maximum Gasteiger partial charge on any atom is 0.254 e. The Morgan fingerprint density at radius 3 is 2.22 bits per heavy atom. The van der Waals surface area contributed by atoms with Gasteiger partial charge in [0.25, 0.3) is 5.91 Å². The summed E-state index contributed by atoms with van der Waals surface area (Å²) in [5.41, 5.74) is 8.18. The van der Waals surface area contributed by atoms with Gasteiger partial charge >= 0.3 is 0 Å². The molecule has 384 valence electrons. The molecule has 4 unspecified atom stereocenters. The van der Waals surface area contributed by atoms with E-state index in [1.807, 2.05) is 58.8 Å². The third-order valence-electron chi connectivity index (χ3n) is 13.3. The van der Waals surface area contributed by atoms with Crippen molar-refractivity contribution in [1.29, 1.82) is 0 Å². The van der Waals surface area contributed by atoms with Gasteiger partial charge in [-0.1, -0.05) is 135 Å². The van der Waals surface area contributed by atoms with E-state index in [2.05, 4.69) is 149 Å². The van der Waals surface area contributed by atoms with Crippen LogP contribution in [0.1, 0.15) is 134 Å². The normalized spacial score (nSPS) is 19.0. The highest BCUT2D eigenvalue weighted by Crippen LogP contribution is 2.37. The van der Waals surface area contributed by atoms with Crippen molar-refractivity contribution in [1.82, 2.24) is 29.2 Å². The number of piperazine rings is 1. The third-order valence-corrected chi connectivity index (χ3v) is 13.3. The molecule has 2 aliphatic carbocycles. The molecule has 9 nitrogen and oxygen atoms in total. The molecule has 0 radical (unpaired) electrons. The number of hydrogen-bond donors (Lipinski definition) is 0. The molecule has 69 heavy (non-hydrogen) atoms. The van der Waals surface area contributed by atoms with Gasteiger partial charge in [0.1, 0.15) is 18.4 Å². The number of fused-ring (bicyclic) bond motifs is 3. The zero-order valence-corrected chi connectivity index (χ0v) is 45.9. The first kappa shape index (κ1) is 60.6. The monoisotopic (exact) mass is 949 g/mol. The fraction of sp³-hybridized carbons (Fsp3) is 0.583. The summed E-state index contributed by atoms with van der Waals surface area (Å²) in [5, 5.41) is 0. The summed E-state index contributed by atoms with van der Waals surface area (Å²) >= 11 is 0. The predicted molar refractivity (Wildman–Crippen MR) is 296 cm³/mol. The number of hydrogen-bond acceptors (Lipinski definition) is 7. The van der Waals surface area contributed by atoms with Crippen molar-refractivity contribution < 1.29 is 14.3 Å². The Bertz CT molecular complexity index is 2010. The molecule has 4 atom stereocenters. The molecule has 1 fully saturated rings. The van der Waals surface area contributed by atoms with E-state index >= 15 is 0 Å². The lowest BCUT2D eigenvalue weighted by molar-refractivity contribution is -0.0980. The molecule has 4 aliphatic rings. The standard InChI is InChI=1S/C41H57N5O2.C14H25N.2C2H6.CH2O/c1-30-12-7-8-13-34(30)29-46-32(3)42-36-18-21-45(37-15-10-9-14-35(37)39(36)46)40(47)33-16-17-38(31(2)28-33)48-27-11-20-43-23-25-44(26-24-43)22-19-41(4,5)6;1-7-8-9-13(4)14(5)11-15(6)10-12(2)3;3*1-2/h7-10,12-14,16-17,28,30,34,37H,11,15,18-27,29H2,1-6H3;7,13H,1-2,5,8-11H2,3-4,6H3;2*1-2H3;1H2. The lowest BCUT2D eigenvalue weighted by atomic mass is 9.89. The highest BCUT2D eigenvalue weighted by atomic mass is 16.5. The maximum absolute atomic E-state index is 14.2. The van der Waals surface area contributed by atoms with Crippen LogP contribution >= 0.6 is 0 Å². The lowest BCUT2D eigenvalue weighted by Gasteiger charge is -2.36. The first-order valence-electron chi connectivity index (χ1n) is 26.2. The van der Waals surface area contributed by atoms with Gasteiger partial charge in [0.15, 0.2) is 0 Å². The number of likely N-dealkylation sites (N-methyl/N-ethyl adjacent to an activating group) is 1. The van der Waals surface area contributed by atoms with Gasteiger partial charge in [-0.15, -0.1) is 6.58 Å². The van der Waals surface area contributed by atoms with E-state index in [0.717, 1.165) is 113 Å². The summed E-state index contributed by atoms with van der Waals surface area (Å²) in [6.45, 7) is 50.6. The van der Waals surface area contributed by atoms with Gasteiger partial charge in [0.05, 0.1) is 24.0 Å². The highest BCUT2D eigenvalue weighted by molar-refractivity contribution is 5.96. The molecule has 0 bridgehead atoms. The first-order valence-corrected chi connectivity index (χ1v) is 26.2. The van der Waals surface area contributed by atoms with Crippen LogP contribution in [0, 0.1) is 37.0 Å². The Morgan fingerprint density at radius 2 is 1.61 bits per heavy atom. The van der Waals surface area contributed by atoms with Gasteiger partial charge in [0, 0.05) is 82.4 Å². The van der Waals surface area contributed by atoms with E-state index in [1.54, 1.807) is 0 Å². The molecule has 0 saturated carbocycles. The molecule has 1 aromatic carbocycles. The Kier molecular flexibility index (Phi) is 27.7. The van der Waals surface area contributed by atoms with E-state index in [-0.39, 0.29) is 11.9 Å². The lowest BCUT2D eigenvalue weighted by Crippen LogP contribution is -2.47. The van der Waals surface area contributed by atoms with Crippen molar-refractivity contribution in [3.8, 4) is 5.75 Å². The summed E-state index contributed by atoms with van der Waals surface area (Å²) in [5.74, 6) is 3.50. The number of amides is 1. The highest BCUT2D eigenvalue weighted by Gasteiger charge is 2.36. The molecule has 2 aliphatic heterocycles. The number of nitrogens with zero attached hydrogens (tertiary/aromatic N) is 6. The predicted octanol–water partition coefficient (Wildman–Crippen LogP) is 12.6. The van der Waals surface area contributed by atoms with E-state index in [1.165, 1.54) is 35.4 Å². The van der Waals surface area contributed by atoms with Crippen LogP contribution < -0.4 is 4.74 Å². The second-order valence-corrected chi connectivity index (χ2v) is 20.1. The fourth-order valence-corrected chi connectivity index (χ4v) is 9.22. The molecule has 3 heterocycles. The minimum Gasteiger partial charge on any atom is -0.493 e. The van der Waals surface area contributed by atoms with Crippen LogP contribution in [0.2, 0.25) is 0 Å². The van der Waals surface area contributed by atoms with Gasteiger partial charge in [-0.2, -0.15) is 0 Å². The van der Waals surface area contributed by atoms with Crippen molar-refractivity contribution in [3.05, 3.63) is 126 Å². The molecule has 2 aromatic rings. The van der Waals surface area contributed by atoms with Crippen LogP contribution in [0.3, 0.4) is 0 Å². The van der Waals surface area contributed by atoms with Crippen LogP contribution in [-0.2, 0) is 17.8 Å². The molecular formula is C60H96N6O3. The first-order chi connectivity index (χ1) is 33.0. The second kappa shape index (κ2) is 31.6. The number of carbonyl (C=O) groups is 2. The van der Waals surface area contributed by atoms with Crippen LogP contribution in [0.4, 0.5) is 0 Å². The quantitative estimate of drug-likeness (QED) is 0.109. The number of rotatable bonds is 18. The number of carbonyl (C=O) groups excluding carboxylic acids is 2. The third kappa shape index (κ3) is 19.6. The summed E-state index contributed by atoms with van der Waals surface area (Å²) in [6, 6.07) is 5.96. The molecule has 1 saturated heterocycles. The van der Waals surface area contributed by atoms with Gasteiger partial charge in [0.2, 0.25) is 0 Å². The van der Waals surface area contributed by atoms with Crippen molar-refractivity contribution in [3.63, 3.8) is 0 Å². The number of benzene rings is 1. The molecule has 9 heteroatoms.